The Morgan fingerprint density at radius 2 is 1.70 bits per heavy atom. The van der Waals surface area contributed by atoms with Gasteiger partial charge in [-0.2, -0.15) is 0 Å². The fourth-order valence-electron chi connectivity index (χ4n) is 3.35. The van der Waals surface area contributed by atoms with Crippen LogP contribution in [-0.2, 0) is 9.59 Å². The Bertz CT molecular complexity index is 679. The molecule has 146 valence electrons. The molecule has 3 rings (SSSR count). The van der Waals surface area contributed by atoms with Gasteiger partial charge in [0, 0.05) is 18.3 Å². The molecule has 2 N–H and O–H groups in total. The fraction of sp³-hybridized carbons (Fsp3) is 0.500. The van der Waals surface area contributed by atoms with E-state index in [9.17, 15) is 9.59 Å². The van der Waals surface area contributed by atoms with Crippen LogP contribution < -0.4 is 10.1 Å². The minimum Gasteiger partial charge on any atom is -0.492 e. The van der Waals surface area contributed by atoms with Crippen LogP contribution in [0.3, 0.4) is 0 Å². The fourth-order valence-corrected chi connectivity index (χ4v) is 3.35. The predicted molar refractivity (Wildman–Crippen MR) is 102 cm³/mol. The minimum atomic E-state index is -0.424. The monoisotopic (exact) mass is 373 g/mol. The van der Waals surface area contributed by atoms with Gasteiger partial charge in [0.15, 0.2) is 0 Å². The third kappa shape index (κ3) is 5.30. The summed E-state index contributed by atoms with van der Waals surface area (Å²) in [4.78, 5) is 27.4. The molecule has 1 saturated heterocycles. The lowest BCUT2D eigenvalue weighted by molar-refractivity contribution is -0.137. The maximum absolute atomic E-state index is 12.1. The van der Waals surface area contributed by atoms with Crippen LogP contribution in [0.5, 0.6) is 5.75 Å². The van der Waals surface area contributed by atoms with Gasteiger partial charge in [-0.1, -0.05) is 12.8 Å². The molecule has 2 amide bonds. The Balaban J connectivity index is 1.47. The van der Waals surface area contributed by atoms with Gasteiger partial charge in [-0.3, -0.25) is 19.4 Å². The second-order valence-corrected chi connectivity index (χ2v) is 6.83. The average molecular weight is 373 g/mol. The molecule has 2 aliphatic rings. The van der Waals surface area contributed by atoms with Crippen molar-refractivity contribution in [3.63, 3.8) is 0 Å². The molecule has 1 fully saturated rings. The van der Waals surface area contributed by atoms with Crippen LogP contribution in [-0.4, -0.2) is 66.1 Å². The predicted octanol–water partition coefficient (Wildman–Crippen LogP) is 1.60. The average Bonchev–Trinajstić information content (AvgIpc) is 2.86. The topological polar surface area (TPSA) is 82.1 Å². The van der Waals surface area contributed by atoms with Crippen molar-refractivity contribution in [1.29, 1.82) is 0 Å². The molecule has 27 heavy (non-hydrogen) atoms. The van der Waals surface area contributed by atoms with E-state index in [1.54, 1.807) is 0 Å². The summed E-state index contributed by atoms with van der Waals surface area (Å²) in [5.41, 5.74) is 0.913. The molecule has 0 atom stereocenters. The normalized spacial score (nSPS) is 18.4. The van der Waals surface area contributed by atoms with Gasteiger partial charge in [-0.05, 0) is 50.2 Å². The zero-order valence-electron chi connectivity index (χ0n) is 15.5. The largest absolute Gasteiger partial charge is 0.492 e. The minimum absolute atomic E-state index is 0.00312. The molecule has 0 aliphatic carbocycles. The number of anilines is 1. The van der Waals surface area contributed by atoms with Crippen LogP contribution in [0.15, 0.2) is 36.0 Å². The van der Waals surface area contributed by atoms with Crippen LogP contribution >= 0.6 is 0 Å². The molecule has 1 aromatic carbocycles. The molecule has 0 bridgehead atoms. The van der Waals surface area contributed by atoms with Crippen molar-refractivity contribution in [2.75, 3.05) is 44.7 Å². The number of aliphatic hydroxyl groups excluding tert-OH is 1. The number of β-amino-alcohol motifs (C(OH)–C–C–N with tert-alkyl or cyclic N) is 1. The highest BCUT2D eigenvalue weighted by atomic mass is 16.5. The van der Waals surface area contributed by atoms with Crippen molar-refractivity contribution in [2.45, 2.75) is 25.7 Å². The van der Waals surface area contributed by atoms with Crippen molar-refractivity contribution in [3.8, 4) is 5.75 Å². The molecule has 0 unspecified atom stereocenters. The number of nitrogens with one attached hydrogen (secondary N) is 1. The number of carbonyl (C=O) groups excluding carboxylic acids is 2. The van der Waals surface area contributed by atoms with E-state index in [0.717, 1.165) is 30.3 Å². The molecule has 0 radical (unpaired) electrons. The summed E-state index contributed by atoms with van der Waals surface area (Å²) in [6, 6.07) is 7.32. The highest BCUT2D eigenvalue weighted by Crippen LogP contribution is 2.20. The second-order valence-electron chi connectivity index (χ2n) is 6.83. The zero-order valence-corrected chi connectivity index (χ0v) is 15.5. The number of benzene rings is 1. The van der Waals surface area contributed by atoms with Crippen molar-refractivity contribution in [3.05, 3.63) is 36.0 Å². The first-order valence-corrected chi connectivity index (χ1v) is 9.58. The molecular formula is C20H27N3O4. The molecule has 2 heterocycles. The Morgan fingerprint density at radius 1 is 1.00 bits per heavy atom. The van der Waals surface area contributed by atoms with Gasteiger partial charge >= 0.3 is 0 Å². The van der Waals surface area contributed by atoms with E-state index in [4.69, 9.17) is 9.84 Å². The Kier molecular flexibility index (Phi) is 6.84. The lowest BCUT2D eigenvalue weighted by atomic mass is 10.2. The van der Waals surface area contributed by atoms with Crippen LogP contribution in [0.1, 0.15) is 25.7 Å². The van der Waals surface area contributed by atoms with Gasteiger partial charge in [0.05, 0.1) is 13.2 Å². The summed E-state index contributed by atoms with van der Waals surface area (Å²) in [6.07, 6.45) is 6.45. The standard InChI is InChI=1S/C20H27N3O4/c24-13-11-23-19(25)15-18(20(23)26)21-16-5-7-17(8-6-16)27-14-12-22-9-3-1-2-4-10-22/h5-8,15,21,24H,1-4,9-14H2. The van der Waals surface area contributed by atoms with Crippen molar-refractivity contribution in [2.24, 2.45) is 0 Å². The van der Waals surface area contributed by atoms with E-state index in [1.165, 1.54) is 31.8 Å². The van der Waals surface area contributed by atoms with Crippen LogP contribution in [0.2, 0.25) is 0 Å². The van der Waals surface area contributed by atoms with E-state index in [0.29, 0.717) is 12.3 Å². The van der Waals surface area contributed by atoms with Crippen LogP contribution in [0.4, 0.5) is 5.69 Å². The molecule has 0 spiro atoms. The van der Waals surface area contributed by atoms with E-state index in [2.05, 4.69) is 10.2 Å². The van der Waals surface area contributed by atoms with Crippen LogP contribution in [0.25, 0.3) is 0 Å². The maximum Gasteiger partial charge on any atom is 0.277 e. The Morgan fingerprint density at radius 3 is 2.37 bits per heavy atom. The smallest absolute Gasteiger partial charge is 0.277 e. The third-order valence-electron chi connectivity index (χ3n) is 4.84. The first-order valence-electron chi connectivity index (χ1n) is 9.58. The number of imide groups is 1. The van der Waals surface area contributed by atoms with E-state index in [-0.39, 0.29) is 18.8 Å². The SMILES string of the molecule is O=C1C=C(Nc2ccc(OCCN3CCCCCC3)cc2)C(=O)N1CCO. The number of hydrogen-bond donors (Lipinski definition) is 2. The highest BCUT2D eigenvalue weighted by molar-refractivity contribution is 6.17. The molecule has 0 aromatic heterocycles. The van der Waals surface area contributed by atoms with Gasteiger partial charge in [0.1, 0.15) is 18.1 Å². The van der Waals surface area contributed by atoms with Crippen LogP contribution in [0, 0.1) is 0 Å². The molecule has 1 aromatic rings. The number of nitrogens with zero attached hydrogens (tertiary/aromatic N) is 2. The molecule has 2 aliphatic heterocycles. The number of amides is 2. The summed E-state index contributed by atoms with van der Waals surface area (Å²) in [5.74, 6) is -0.0584. The number of likely N-dealkylation sites (tertiary alicyclic amines) is 1. The lowest BCUT2D eigenvalue weighted by Crippen LogP contribution is -2.34. The molecule has 7 nitrogen and oxygen atoms in total. The molecule has 7 heteroatoms. The second kappa shape index (κ2) is 9.53. The molecular weight excluding hydrogens is 346 g/mol. The molecule has 0 saturated carbocycles. The Labute approximate surface area is 159 Å². The van der Waals surface area contributed by atoms with Gasteiger partial charge in [-0.25, -0.2) is 0 Å². The van der Waals surface area contributed by atoms with Gasteiger partial charge in [0.25, 0.3) is 11.8 Å². The third-order valence-corrected chi connectivity index (χ3v) is 4.84. The van der Waals surface area contributed by atoms with Gasteiger partial charge < -0.3 is 15.2 Å². The van der Waals surface area contributed by atoms with E-state index in [1.807, 2.05) is 24.3 Å². The van der Waals surface area contributed by atoms with Crippen molar-refractivity contribution in [1.82, 2.24) is 9.80 Å². The lowest BCUT2D eigenvalue weighted by Gasteiger charge is -2.19. The number of carbonyl (C=O) groups is 2. The van der Waals surface area contributed by atoms with Crippen molar-refractivity contribution < 1.29 is 19.4 Å². The number of ether oxygens (including phenoxy) is 1. The summed E-state index contributed by atoms with van der Waals surface area (Å²) in [5, 5.41) is 11.9. The van der Waals surface area contributed by atoms with E-state index >= 15 is 0 Å². The maximum atomic E-state index is 12.1. The summed E-state index contributed by atoms with van der Waals surface area (Å²) >= 11 is 0. The summed E-state index contributed by atoms with van der Waals surface area (Å²) < 4.78 is 5.82. The zero-order chi connectivity index (χ0) is 19.1. The summed E-state index contributed by atoms with van der Waals surface area (Å²) in [6.45, 7) is 3.65. The number of rotatable bonds is 8. The quantitative estimate of drug-likeness (QED) is 0.674. The van der Waals surface area contributed by atoms with Gasteiger partial charge in [0.2, 0.25) is 0 Å². The first kappa shape index (κ1) is 19.4. The Hall–Kier alpha value is -2.38. The number of aliphatic hydroxyl groups is 1. The number of hydrogen-bond acceptors (Lipinski definition) is 6. The van der Waals surface area contributed by atoms with Gasteiger partial charge in [-0.15, -0.1) is 0 Å². The highest BCUT2D eigenvalue weighted by Gasteiger charge is 2.30. The first-order chi connectivity index (χ1) is 13.2. The van der Waals surface area contributed by atoms with E-state index < -0.39 is 11.8 Å². The van der Waals surface area contributed by atoms with Crippen molar-refractivity contribution >= 4 is 17.5 Å². The summed E-state index contributed by atoms with van der Waals surface area (Å²) in [7, 11) is 0.